The lowest BCUT2D eigenvalue weighted by Gasteiger charge is -2.28. The second-order valence-electron chi connectivity index (χ2n) is 5.17. The molecule has 4 nitrogen and oxygen atoms in total. The minimum atomic E-state index is -0.871. The van der Waals surface area contributed by atoms with Gasteiger partial charge in [0.05, 0.1) is 12.1 Å². The fourth-order valence-electron chi connectivity index (χ4n) is 2.06. The standard InChI is InChI=1S/C13H15BrF2N2O2/c1-13(6-19,7-2-3-7)18-12(20)17-11-9(15)4-8(14)5-10(11)16/h4-5,7,19H,2-3,6H2,1H3,(H2,17,18,20). The Labute approximate surface area is 123 Å². The molecule has 0 aromatic heterocycles. The zero-order valence-electron chi connectivity index (χ0n) is 10.8. The Hall–Kier alpha value is -1.21. The van der Waals surface area contributed by atoms with Crippen LogP contribution >= 0.6 is 15.9 Å². The maximum Gasteiger partial charge on any atom is 0.319 e. The van der Waals surface area contributed by atoms with Gasteiger partial charge in [0.2, 0.25) is 0 Å². The lowest BCUT2D eigenvalue weighted by Crippen LogP contribution is -2.52. The molecular formula is C13H15BrF2N2O2. The molecule has 1 aliphatic rings. The molecular weight excluding hydrogens is 334 g/mol. The Balaban J connectivity index is 2.08. The SMILES string of the molecule is CC(CO)(NC(=O)Nc1c(F)cc(Br)cc1F)C1CC1. The van der Waals surface area contributed by atoms with E-state index in [0.717, 1.165) is 25.0 Å². The van der Waals surface area contributed by atoms with Crippen LogP contribution in [0.15, 0.2) is 16.6 Å². The maximum absolute atomic E-state index is 13.6. The number of aliphatic hydroxyl groups is 1. The number of amides is 2. The van der Waals surface area contributed by atoms with Crippen LogP contribution in [0.2, 0.25) is 0 Å². The van der Waals surface area contributed by atoms with Gasteiger partial charge in [-0.1, -0.05) is 15.9 Å². The summed E-state index contributed by atoms with van der Waals surface area (Å²) in [6, 6.07) is 1.38. The van der Waals surface area contributed by atoms with Gasteiger partial charge in [-0.15, -0.1) is 0 Å². The minimum Gasteiger partial charge on any atom is -0.394 e. The van der Waals surface area contributed by atoms with E-state index in [0.29, 0.717) is 0 Å². The van der Waals surface area contributed by atoms with Crippen LogP contribution in [0, 0.1) is 17.6 Å². The van der Waals surface area contributed by atoms with Crippen molar-refractivity contribution in [3.8, 4) is 0 Å². The van der Waals surface area contributed by atoms with E-state index >= 15 is 0 Å². The van der Waals surface area contributed by atoms with Crippen LogP contribution in [-0.2, 0) is 0 Å². The quantitative estimate of drug-likeness (QED) is 0.783. The molecule has 0 aliphatic heterocycles. The third-order valence-electron chi connectivity index (χ3n) is 3.45. The van der Waals surface area contributed by atoms with Gasteiger partial charge in [-0.2, -0.15) is 0 Å². The van der Waals surface area contributed by atoms with Gasteiger partial charge in [0.25, 0.3) is 0 Å². The predicted molar refractivity (Wildman–Crippen MR) is 74.4 cm³/mol. The molecule has 2 rings (SSSR count). The van der Waals surface area contributed by atoms with E-state index in [2.05, 4.69) is 26.6 Å². The van der Waals surface area contributed by atoms with Crippen LogP contribution in [0.4, 0.5) is 19.3 Å². The summed E-state index contributed by atoms with van der Waals surface area (Å²) in [6.45, 7) is 1.48. The largest absolute Gasteiger partial charge is 0.394 e. The number of halogens is 3. The first-order chi connectivity index (χ1) is 9.35. The molecule has 2 amide bonds. The van der Waals surface area contributed by atoms with Crippen LogP contribution in [0.25, 0.3) is 0 Å². The Morgan fingerprint density at radius 2 is 2.00 bits per heavy atom. The number of rotatable bonds is 4. The molecule has 1 fully saturated rings. The Morgan fingerprint density at radius 3 is 2.45 bits per heavy atom. The average molecular weight is 349 g/mol. The third kappa shape index (κ3) is 3.27. The van der Waals surface area contributed by atoms with Crippen molar-refractivity contribution in [2.75, 3.05) is 11.9 Å². The normalized spacial score (nSPS) is 17.4. The number of nitrogens with one attached hydrogen (secondary N) is 2. The number of anilines is 1. The summed E-state index contributed by atoms with van der Waals surface area (Å²) in [7, 11) is 0. The molecule has 3 N–H and O–H groups in total. The molecule has 0 saturated heterocycles. The van der Waals surface area contributed by atoms with Crippen LogP contribution in [0.3, 0.4) is 0 Å². The highest BCUT2D eigenvalue weighted by molar-refractivity contribution is 9.10. The van der Waals surface area contributed by atoms with Crippen LogP contribution in [0.5, 0.6) is 0 Å². The first-order valence-corrected chi connectivity index (χ1v) is 6.99. The highest BCUT2D eigenvalue weighted by Crippen LogP contribution is 2.39. The number of carbonyl (C=O) groups is 1. The van der Waals surface area contributed by atoms with E-state index in [1.54, 1.807) is 6.92 Å². The number of hydrogen-bond acceptors (Lipinski definition) is 2. The Kier molecular flexibility index (Phi) is 4.29. The fraction of sp³-hybridized carbons (Fsp3) is 0.462. The first-order valence-electron chi connectivity index (χ1n) is 6.20. The van der Waals surface area contributed by atoms with Gasteiger partial charge in [-0.3, -0.25) is 0 Å². The number of hydrogen-bond donors (Lipinski definition) is 3. The summed E-state index contributed by atoms with van der Waals surface area (Å²) < 4.78 is 27.4. The number of aliphatic hydroxyl groups excluding tert-OH is 1. The van der Waals surface area contributed by atoms with E-state index in [9.17, 15) is 18.7 Å². The third-order valence-corrected chi connectivity index (χ3v) is 3.91. The molecule has 1 saturated carbocycles. The van der Waals surface area contributed by atoms with Gasteiger partial charge in [-0.25, -0.2) is 13.6 Å². The van der Waals surface area contributed by atoms with Crippen molar-refractivity contribution in [2.45, 2.75) is 25.3 Å². The van der Waals surface area contributed by atoms with Crippen molar-refractivity contribution in [1.29, 1.82) is 0 Å². The summed E-state index contributed by atoms with van der Waals surface area (Å²) in [4.78, 5) is 11.8. The van der Waals surface area contributed by atoms with Gasteiger partial charge < -0.3 is 15.7 Å². The second-order valence-corrected chi connectivity index (χ2v) is 6.09. The zero-order valence-corrected chi connectivity index (χ0v) is 12.4. The van der Waals surface area contributed by atoms with Gasteiger partial charge >= 0.3 is 6.03 Å². The monoisotopic (exact) mass is 348 g/mol. The Bertz CT molecular complexity index is 514. The lowest BCUT2D eigenvalue weighted by atomic mass is 9.97. The van der Waals surface area contributed by atoms with E-state index in [1.165, 1.54) is 0 Å². The van der Waals surface area contributed by atoms with Gasteiger partial charge in [0.1, 0.15) is 5.69 Å². The Morgan fingerprint density at radius 1 is 1.45 bits per heavy atom. The van der Waals surface area contributed by atoms with Crippen LogP contribution in [-0.4, -0.2) is 23.3 Å². The zero-order chi connectivity index (χ0) is 14.9. The second kappa shape index (κ2) is 5.65. The summed E-state index contributed by atoms with van der Waals surface area (Å²) in [5.74, 6) is -1.55. The molecule has 0 radical (unpaired) electrons. The van der Waals surface area contributed by atoms with Crippen molar-refractivity contribution < 1.29 is 18.7 Å². The number of benzene rings is 1. The van der Waals surface area contributed by atoms with Gasteiger partial charge in [0, 0.05) is 4.47 Å². The maximum atomic E-state index is 13.6. The van der Waals surface area contributed by atoms with Crippen LogP contribution in [0.1, 0.15) is 19.8 Å². The topological polar surface area (TPSA) is 61.4 Å². The minimum absolute atomic E-state index is 0.192. The van der Waals surface area contributed by atoms with Crippen molar-refractivity contribution in [3.63, 3.8) is 0 Å². The predicted octanol–water partition coefficient (Wildman–Crippen LogP) is 3.01. The fourth-order valence-corrected chi connectivity index (χ4v) is 2.46. The number of urea groups is 1. The molecule has 0 bridgehead atoms. The average Bonchev–Trinajstić information content (AvgIpc) is 3.18. The van der Waals surface area contributed by atoms with Crippen molar-refractivity contribution in [2.24, 2.45) is 5.92 Å². The molecule has 1 atom stereocenters. The molecule has 110 valence electrons. The lowest BCUT2D eigenvalue weighted by molar-refractivity contribution is 0.159. The highest BCUT2D eigenvalue weighted by Gasteiger charge is 2.42. The van der Waals surface area contributed by atoms with Gasteiger partial charge in [0.15, 0.2) is 11.6 Å². The highest BCUT2D eigenvalue weighted by atomic mass is 79.9. The summed E-state index contributed by atoms with van der Waals surface area (Å²) in [5, 5.41) is 14.1. The van der Waals surface area contributed by atoms with E-state index in [4.69, 9.17) is 0 Å². The molecule has 1 aromatic carbocycles. The molecule has 0 spiro atoms. The summed E-state index contributed by atoms with van der Waals surface area (Å²) >= 11 is 2.96. The van der Waals surface area contributed by atoms with Crippen molar-refractivity contribution >= 4 is 27.6 Å². The van der Waals surface area contributed by atoms with E-state index in [1.807, 2.05) is 0 Å². The van der Waals surface area contributed by atoms with E-state index < -0.39 is 28.9 Å². The molecule has 7 heteroatoms. The smallest absolute Gasteiger partial charge is 0.319 e. The van der Waals surface area contributed by atoms with E-state index in [-0.39, 0.29) is 17.0 Å². The summed E-state index contributed by atoms with van der Waals surface area (Å²) in [5.41, 5.74) is -1.28. The molecule has 20 heavy (non-hydrogen) atoms. The van der Waals surface area contributed by atoms with Crippen LogP contribution < -0.4 is 10.6 Å². The first kappa shape index (κ1) is 15.2. The van der Waals surface area contributed by atoms with Crippen molar-refractivity contribution in [3.05, 3.63) is 28.2 Å². The molecule has 1 aliphatic carbocycles. The molecule has 1 unspecified atom stereocenters. The summed E-state index contributed by atoms with van der Waals surface area (Å²) in [6.07, 6.45) is 1.83. The molecule has 0 heterocycles. The van der Waals surface area contributed by atoms with Gasteiger partial charge in [-0.05, 0) is 37.8 Å². The van der Waals surface area contributed by atoms with Crippen molar-refractivity contribution in [1.82, 2.24) is 5.32 Å². The molecule has 1 aromatic rings. The number of carbonyl (C=O) groups excluding carboxylic acids is 1.